The van der Waals surface area contributed by atoms with Crippen LogP contribution in [-0.2, 0) is 0 Å². The summed E-state index contributed by atoms with van der Waals surface area (Å²) in [5, 5.41) is 4.50. The minimum Gasteiger partial charge on any atom is -0.494 e. The van der Waals surface area contributed by atoms with Gasteiger partial charge in [0.25, 0.3) is 0 Å². The van der Waals surface area contributed by atoms with Crippen molar-refractivity contribution in [3.63, 3.8) is 0 Å². The van der Waals surface area contributed by atoms with E-state index in [1.807, 2.05) is 19.1 Å². The normalized spacial score (nSPS) is 12.4. The van der Waals surface area contributed by atoms with Crippen molar-refractivity contribution >= 4 is 11.3 Å². The highest BCUT2D eigenvalue weighted by Gasteiger charge is 2.14. The number of aryl methyl sites for hydroxylation is 1. The lowest BCUT2D eigenvalue weighted by atomic mass is 10.2. The molecule has 1 aromatic carbocycles. The van der Waals surface area contributed by atoms with E-state index >= 15 is 0 Å². The van der Waals surface area contributed by atoms with E-state index in [-0.39, 0.29) is 0 Å². The fourth-order valence-electron chi connectivity index (χ4n) is 2.22. The molecule has 0 aliphatic carbocycles. The summed E-state index contributed by atoms with van der Waals surface area (Å²) in [5.74, 6) is 0.902. The first kappa shape index (κ1) is 15.0. The summed E-state index contributed by atoms with van der Waals surface area (Å²) in [4.78, 5) is 6.02. The molecule has 0 amide bonds. The summed E-state index contributed by atoms with van der Waals surface area (Å²) in [6.07, 6.45) is 0. The van der Waals surface area contributed by atoms with Crippen molar-refractivity contribution in [3.05, 3.63) is 34.8 Å². The van der Waals surface area contributed by atoms with Gasteiger partial charge in [0.15, 0.2) is 0 Å². The Kier molecular flexibility index (Phi) is 5.15. The molecule has 1 unspecified atom stereocenters. The number of rotatable bonds is 6. The molecule has 2 aromatic rings. The highest BCUT2D eigenvalue weighted by molar-refractivity contribution is 7.15. The molecule has 0 radical (unpaired) electrons. The van der Waals surface area contributed by atoms with Gasteiger partial charge in [-0.3, -0.25) is 0 Å². The van der Waals surface area contributed by atoms with Crippen molar-refractivity contribution in [2.75, 3.05) is 13.2 Å². The van der Waals surface area contributed by atoms with Gasteiger partial charge in [0, 0.05) is 16.5 Å². The van der Waals surface area contributed by atoms with E-state index in [2.05, 4.69) is 38.2 Å². The van der Waals surface area contributed by atoms with Crippen molar-refractivity contribution < 1.29 is 4.74 Å². The molecule has 0 saturated carbocycles. The van der Waals surface area contributed by atoms with Crippen LogP contribution in [0.3, 0.4) is 0 Å². The summed E-state index contributed by atoms with van der Waals surface area (Å²) < 4.78 is 5.56. The van der Waals surface area contributed by atoms with E-state index in [1.54, 1.807) is 11.3 Å². The molecule has 0 aliphatic rings. The highest BCUT2D eigenvalue weighted by atomic mass is 32.1. The standard InChI is InChI=1S/C16H22N2OS/c1-5-17-11(3)15-12(4)18-16(20-15)13-8-7-9-14(10-13)19-6-2/h7-11,17H,5-6H2,1-4H3. The average molecular weight is 290 g/mol. The van der Waals surface area contributed by atoms with Crippen molar-refractivity contribution in [1.82, 2.24) is 10.3 Å². The third kappa shape index (κ3) is 3.38. The van der Waals surface area contributed by atoms with Crippen LogP contribution >= 0.6 is 11.3 Å². The fourth-order valence-corrected chi connectivity index (χ4v) is 3.31. The van der Waals surface area contributed by atoms with Crippen LogP contribution in [0.1, 0.15) is 37.4 Å². The Morgan fingerprint density at radius 2 is 2.15 bits per heavy atom. The number of hydrogen-bond donors (Lipinski definition) is 1. The second-order valence-corrected chi connectivity index (χ2v) is 5.74. The molecule has 0 bridgehead atoms. The Morgan fingerprint density at radius 1 is 1.35 bits per heavy atom. The zero-order valence-electron chi connectivity index (χ0n) is 12.6. The molecule has 1 aromatic heterocycles. The van der Waals surface area contributed by atoms with Crippen LogP contribution in [0.15, 0.2) is 24.3 Å². The number of hydrogen-bond acceptors (Lipinski definition) is 4. The Balaban J connectivity index is 2.29. The van der Waals surface area contributed by atoms with E-state index in [1.165, 1.54) is 4.88 Å². The molecular formula is C16H22N2OS. The third-order valence-electron chi connectivity index (χ3n) is 3.13. The van der Waals surface area contributed by atoms with Gasteiger partial charge in [0.2, 0.25) is 0 Å². The maximum Gasteiger partial charge on any atom is 0.124 e. The third-order valence-corrected chi connectivity index (χ3v) is 4.52. The van der Waals surface area contributed by atoms with Crippen molar-refractivity contribution in [3.8, 4) is 16.3 Å². The molecule has 2 rings (SSSR count). The van der Waals surface area contributed by atoms with Gasteiger partial charge in [-0.2, -0.15) is 0 Å². The molecule has 4 heteroatoms. The van der Waals surface area contributed by atoms with E-state index in [9.17, 15) is 0 Å². The lowest BCUT2D eigenvalue weighted by Gasteiger charge is -2.09. The van der Waals surface area contributed by atoms with Crippen molar-refractivity contribution in [1.29, 1.82) is 0 Å². The number of benzene rings is 1. The van der Waals surface area contributed by atoms with Crippen LogP contribution < -0.4 is 10.1 Å². The van der Waals surface area contributed by atoms with Gasteiger partial charge in [0.1, 0.15) is 10.8 Å². The average Bonchev–Trinajstić information content (AvgIpc) is 2.82. The summed E-state index contributed by atoms with van der Waals surface area (Å²) in [6, 6.07) is 8.49. The first-order valence-electron chi connectivity index (χ1n) is 7.09. The SMILES string of the molecule is CCNC(C)c1sc(-c2cccc(OCC)c2)nc1C. The van der Waals surface area contributed by atoms with Crippen LogP contribution in [-0.4, -0.2) is 18.1 Å². The van der Waals surface area contributed by atoms with E-state index < -0.39 is 0 Å². The summed E-state index contributed by atoms with van der Waals surface area (Å²) in [6.45, 7) is 10.0. The molecule has 0 spiro atoms. The molecular weight excluding hydrogens is 268 g/mol. The van der Waals surface area contributed by atoms with E-state index in [4.69, 9.17) is 9.72 Å². The zero-order chi connectivity index (χ0) is 14.5. The summed E-state index contributed by atoms with van der Waals surface area (Å²) in [5.41, 5.74) is 2.24. The van der Waals surface area contributed by atoms with Crippen molar-refractivity contribution in [2.45, 2.75) is 33.7 Å². The number of ether oxygens (including phenoxy) is 1. The number of nitrogens with zero attached hydrogens (tertiary/aromatic N) is 1. The topological polar surface area (TPSA) is 34.1 Å². The largest absolute Gasteiger partial charge is 0.494 e. The van der Waals surface area contributed by atoms with Gasteiger partial charge < -0.3 is 10.1 Å². The van der Waals surface area contributed by atoms with Crippen LogP contribution in [0, 0.1) is 6.92 Å². The Bertz CT molecular complexity index is 565. The van der Waals surface area contributed by atoms with Gasteiger partial charge in [-0.05, 0) is 39.4 Å². The Morgan fingerprint density at radius 3 is 2.85 bits per heavy atom. The Labute approximate surface area is 125 Å². The zero-order valence-corrected chi connectivity index (χ0v) is 13.4. The van der Waals surface area contributed by atoms with Crippen molar-refractivity contribution in [2.24, 2.45) is 0 Å². The van der Waals surface area contributed by atoms with Crippen LogP contribution in [0.2, 0.25) is 0 Å². The predicted octanol–water partition coefficient (Wildman–Crippen LogP) is 4.19. The molecule has 20 heavy (non-hydrogen) atoms. The number of aromatic nitrogens is 1. The first-order valence-corrected chi connectivity index (χ1v) is 7.91. The lowest BCUT2D eigenvalue weighted by molar-refractivity contribution is 0.340. The van der Waals surface area contributed by atoms with Gasteiger partial charge in [0.05, 0.1) is 12.3 Å². The Hall–Kier alpha value is -1.39. The lowest BCUT2D eigenvalue weighted by Crippen LogP contribution is -2.17. The van der Waals surface area contributed by atoms with Gasteiger partial charge in [-0.15, -0.1) is 11.3 Å². The quantitative estimate of drug-likeness (QED) is 0.866. The second-order valence-electron chi connectivity index (χ2n) is 4.71. The second kappa shape index (κ2) is 6.86. The first-order chi connectivity index (χ1) is 9.65. The van der Waals surface area contributed by atoms with Crippen LogP contribution in [0.25, 0.3) is 10.6 Å². The number of thiazole rings is 1. The smallest absolute Gasteiger partial charge is 0.124 e. The maximum absolute atomic E-state index is 5.56. The monoisotopic (exact) mass is 290 g/mol. The van der Waals surface area contributed by atoms with Gasteiger partial charge in [-0.25, -0.2) is 4.98 Å². The summed E-state index contributed by atoms with van der Waals surface area (Å²) >= 11 is 1.76. The van der Waals surface area contributed by atoms with Gasteiger partial charge in [-0.1, -0.05) is 19.1 Å². The van der Waals surface area contributed by atoms with Crippen LogP contribution in [0.4, 0.5) is 0 Å². The molecule has 1 heterocycles. The maximum atomic E-state index is 5.56. The van der Waals surface area contributed by atoms with Gasteiger partial charge >= 0.3 is 0 Å². The number of nitrogens with one attached hydrogen (secondary N) is 1. The molecule has 0 saturated heterocycles. The molecule has 1 N–H and O–H groups in total. The fraction of sp³-hybridized carbons (Fsp3) is 0.438. The summed E-state index contributed by atoms with van der Waals surface area (Å²) in [7, 11) is 0. The van der Waals surface area contributed by atoms with E-state index in [0.29, 0.717) is 12.6 Å². The molecule has 1 atom stereocenters. The molecule has 3 nitrogen and oxygen atoms in total. The van der Waals surface area contributed by atoms with Crippen LogP contribution in [0.5, 0.6) is 5.75 Å². The van der Waals surface area contributed by atoms with E-state index in [0.717, 1.165) is 28.6 Å². The molecule has 108 valence electrons. The highest BCUT2D eigenvalue weighted by Crippen LogP contribution is 2.33. The predicted molar refractivity (Wildman–Crippen MR) is 85.5 cm³/mol. The molecule has 0 aliphatic heterocycles. The minimum absolute atomic E-state index is 0.348. The minimum atomic E-state index is 0.348. The molecule has 0 fully saturated rings.